The van der Waals surface area contributed by atoms with Gasteiger partial charge in [-0.3, -0.25) is 4.79 Å². The largest absolute Gasteiger partial charge is 0.507 e. The second-order valence-corrected chi connectivity index (χ2v) is 6.99. The van der Waals surface area contributed by atoms with Crippen molar-refractivity contribution in [2.45, 2.75) is 5.75 Å². The normalized spacial score (nSPS) is 11.1. The molecule has 26 heavy (non-hydrogen) atoms. The Morgan fingerprint density at radius 2 is 1.88 bits per heavy atom. The maximum absolute atomic E-state index is 11.9. The maximum atomic E-state index is 11.9. The highest BCUT2D eigenvalue weighted by molar-refractivity contribution is 7.99. The smallest absolute Gasteiger partial charge is 0.250 e. The molecule has 0 fully saturated rings. The highest BCUT2D eigenvalue weighted by Crippen LogP contribution is 2.27. The van der Waals surface area contributed by atoms with Gasteiger partial charge in [0.2, 0.25) is 5.91 Å². The third-order valence-corrected chi connectivity index (χ3v) is 5.12. The second kappa shape index (κ2) is 8.74. The molecule has 0 atom stereocenters. The van der Waals surface area contributed by atoms with Crippen molar-refractivity contribution in [2.75, 3.05) is 5.75 Å². The summed E-state index contributed by atoms with van der Waals surface area (Å²) in [6.07, 6.45) is 1.44. The average Bonchev–Trinajstić information content (AvgIpc) is 2.65. The van der Waals surface area contributed by atoms with E-state index in [0.717, 1.165) is 16.3 Å². The number of phenolic OH excluding ortho intramolecular Hbond substituents is 1. The monoisotopic (exact) mass is 384 g/mol. The Kier molecular flexibility index (Phi) is 6.15. The molecule has 1 amide bonds. The van der Waals surface area contributed by atoms with Crippen LogP contribution in [0.2, 0.25) is 5.02 Å². The van der Waals surface area contributed by atoms with Gasteiger partial charge in [0, 0.05) is 21.7 Å². The van der Waals surface area contributed by atoms with Gasteiger partial charge in [0.15, 0.2) is 0 Å². The van der Waals surface area contributed by atoms with Crippen LogP contribution in [-0.4, -0.2) is 23.0 Å². The van der Waals surface area contributed by atoms with Crippen LogP contribution in [0.15, 0.2) is 65.8 Å². The number of thioether (sulfide) groups is 1. The molecule has 0 radical (unpaired) electrons. The summed E-state index contributed by atoms with van der Waals surface area (Å²) in [6.45, 7) is 0. The number of amides is 1. The zero-order chi connectivity index (χ0) is 18.4. The SMILES string of the molecule is O=C(CSCc1ccccc1Cl)N/N=C\c1ccc2ccccc2c1O. The van der Waals surface area contributed by atoms with E-state index in [9.17, 15) is 9.90 Å². The van der Waals surface area contributed by atoms with E-state index >= 15 is 0 Å². The molecule has 2 N–H and O–H groups in total. The van der Waals surface area contributed by atoms with E-state index in [1.54, 1.807) is 6.07 Å². The number of rotatable bonds is 6. The summed E-state index contributed by atoms with van der Waals surface area (Å²) in [5, 5.41) is 16.6. The van der Waals surface area contributed by atoms with E-state index < -0.39 is 0 Å². The Bertz CT molecular complexity index is 959. The van der Waals surface area contributed by atoms with Crippen molar-refractivity contribution < 1.29 is 9.90 Å². The van der Waals surface area contributed by atoms with Crippen molar-refractivity contribution in [3.63, 3.8) is 0 Å². The summed E-state index contributed by atoms with van der Waals surface area (Å²) >= 11 is 7.55. The fourth-order valence-corrected chi connectivity index (χ4v) is 3.56. The molecule has 4 nitrogen and oxygen atoms in total. The number of fused-ring (bicyclic) bond motifs is 1. The topological polar surface area (TPSA) is 61.7 Å². The molecule has 0 spiro atoms. The molecule has 0 heterocycles. The summed E-state index contributed by atoms with van der Waals surface area (Å²) in [5.74, 6) is 0.863. The average molecular weight is 385 g/mol. The van der Waals surface area contributed by atoms with Gasteiger partial charge in [-0.25, -0.2) is 5.43 Å². The Balaban J connectivity index is 1.53. The zero-order valence-electron chi connectivity index (χ0n) is 13.9. The predicted octanol–water partition coefficient (Wildman–Crippen LogP) is 4.58. The lowest BCUT2D eigenvalue weighted by molar-refractivity contribution is -0.118. The van der Waals surface area contributed by atoms with Gasteiger partial charge in [0.1, 0.15) is 5.75 Å². The molecular formula is C20H17ClN2O2S. The summed E-state index contributed by atoms with van der Waals surface area (Å²) in [4.78, 5) is 11.9. The molecule has 0 aliphatic rings. The van der Waals surface area contributed by atoms with Crippen molar-refractivity contribution in [1.82, 2.24) is 5.43 Å². The summed E-state index contributed by atoms with van der Waals surface area (Å²) in [5.41, 5.74) is 4.02. The number of halogens is 1. The van der Waals surface area contributed by atoms with Gasteiger partial charge in [-0.05, 0) is 23.1 Å². The minimum absolute atomic E-state index is 0.147. The van der Waals surface area contributed by atoms with Gasteiger partial charge < -0.3 is 5.11 Å². The highest BCUT2D eigenvalue weighted by Gasteiger charge is 2.05. The predicted molar refractivity (Wildman–Crippen MR) is 109 cm³/mol. The van der Waals surface area contributed by atoms with E-state index in [1.165, 1.54) is 18.0 Å². The third-order valence-electron chi connectivity index (χ3n) is 3.77. The minimum Gasteiger partial charge on any atom is -0.507 e. The van der Waals surface area contributed by atoms with Crippen LogP contribution in [-0.2, 0) is 10.5 Å². The number of aromatic hydroxyl groups is 1. The fourth-order valence-electron chi connectivity index (χ4n) is 2.45. The molecule has 0 saturated carbocycles. The molecule has 6 heteroatoms. The molecule has 0 aliphatic carbocycles. The molecule has 0 bridgehead atoms. The first-order valence-corrected chi connectivity index (χ1v) is 9.52. The van der Waals surface area contributed by atoms with Crippen LogP contribution < -0.4 is 5.43 Å². The maximum Gasteiger partial charge on any atom is 0.250 e. The van der Waals surface area contributed by atoms with E-state index in [2.05, 4.69) is 10.5 Å². The number of hydrazone groups is 1. The number of benzene rings is 3. The van der Waals surface area contributed by atoms with E-state index in [0.29, 0.717) is 16.3 Å². The molecule has 132 valence electrons. The lowest BCUT2D eigenvalue weighted by Gasteiger charge is -2.05. The van der Waals surface area contributed by atoms with Crippen LogP contribution in [0, 0.1) is 0 Å². The number of hydrogen-bond donors (Lipinski definition) is 2. The van der Waals surface area contributed by atoms with Crippen molar-refractivity contribution >= 4 is 46.3 Å². The second-order valence-electron chi connectivity index (χ2n) is 5.60. The standard InChI is InChI=1S/C20H17ClN2O2S/c21-18-8-4-2-6-16(18)12-26-13-19(24)23-22-11-15-10-9-14-5-1-3-7-17(14)20(15)25/h1-11,25H,12-13H2,(H,23,24)/b22-11-. The molecular weight excluding hydrogens is 368 g/mol. The Morgan fingerprint density at radius 1 is 1.12 bits per heavy atom. The van der Waals surface area contributed by atoms with Crippen molar-refractivity contribution in [3.8, 4) is 5.75 Å². The lowest BCUT2D eigenvalue weighted by atomic mass is 10.1. The number of nitrogens with one attached hydrogen (secondary N) is 1. The molecule has 3 rings (SSSR count). The quantitative estimate of drug-likeness (QED) is 0.483. The van der Waals surface area contributed by atoms with Crippen LogP contribution in [0.5, 0.6) is 5.75 Å². The molecule has 0 unspecified atom stereocenters. The summed E-state index contributed by atoms with van der Waals surface area (Å²) < 4.78 is 0. The number of hydrogen-bond acceptors (Lipinski definition) is 4. The molecule has 0 aliphatic heterocycles. The van der Waals surface area contributed by atoms with Crippen molar-refractivity contribution in [2.24, 2.45) is 5.10 Å². The summed E-state index contributed by atoms with van der Waals surface area (Å²) in [6, 6.07) is 18.8. The van der Waals surface area contributed by atoms with Gasteiger partial charge in [-0.2, -0.15) is 5.10 Å². The number of phenols is 1. The first kappa shape index (κ1) is 18.3. The van der Waals surface area contributed by atoms with Gasteiger partial charge in [-0.15, -0.1) is 11.8 Å². The summed E-state index contributed by atoms with van der Waals surface area (Å²) in [7, 11) is 0. The van der Waals surface area contributed by atoms with Crippen molar-refractivity contribution in [3.05, 3.63) is 76.8 Å². The van der Waals surface area contributed by atoms with Gasteiger partial charge in [-0.1, -0.05) is 60.1 Å². The first-order valence-electron chi connectivity index (χ1n) is 7.99. The van der Waals surface area contributed by atoms with Gasteiger partial charge >= 0.3 is 0 Å². The Morgan fingerprint density at radius 3 is 2.73 bits per heavy atom. The molecule has 3 aromatic rings. The van der Waals surface area contributed by atoms with Crippen LogP contribution in [0.4, 0.5) is 0 Å². The Hall–Kier alpha value is -2.50. The van der Waals surface area contributed by atoms with Crippen LogP contribution >= 0.6 is 23.4 Å². The fraction of sp³-hybridized carbons (Fsp3) is 0.100. The minimum atomic E-state index is -0.210. The van der Waals surface area contributed by atoms with Crippen molar-refractivity contribution in [1.29, 1.82) is 0 Å². The highest BCUT2D eigenvalue weighted by atomic mass is 35.5. The first-order chi connectivity index (χ1) is 12.6. The molecule has 3 aromatic carbocycles. The number of nitrogens with zero attached hydrogens (tertiary/aromatic N) is 1. The van der Waals surface area contributed by atoms with Gasteiger partial charge in [0.25, 0.3) is 0 Å². The lowest BCUT2D eigenvalue weighted by Crippen LogP contribution is -2.19. The zero-order valence-corrected chi connectivity index (χ0v) is 15.4. The Labute approximate surface area is 160 Å². The molecule has 0 aromatic heterocycles. The van der Waals surface area contributed by atoms with Crippen LogP contribution in [0.3, 0.4) is 0 Å². The number of carbonyl (C=O) groups is 1. The third kappa shape index (κ3) is 4.56. The number of carbonyl (C=O) groups excluding carboxylic acids is 1. The van der Waals surface area contributed by atoms with Crippen LogP contribution in [0.25, 0.3) is 10.8 Å². The van der Waals surface area contributed by atoms with E-state index in [4.69, 9.17) is 11.6 Å². The molecule has 0 saturated heterocycles. The van der Waals surface area contributed by atoms with E-state index in [-0.39, 0.29) is 17.4 Å². The van der Waals surface area contributed by atoms with Gasteiger partial charge in [0.05, 0.1) is 12.0 Å². The van der Waals surface area contributed by atoms with E-state index in [1.807, 2.05) is 54.6 Å². The van der Waals surface area contributed by atoms with Crippen LogP contribution in [0.1, 0.15) is 11.1 Å².